The average molecular weight is 393 g/mol. The number of nitrogens with one attached hydrogen (secondary N) is 1. The highest BCUT2D eigenvalue weighted by molar-refractivity contribution is 7.90. The quantitative estimate of drug-likeness (QED) is 0.788. The minimum Gasteiger partial charge on any atom is -0.246 e. The lowest BCUT2D eigenvalue weighted by atomic mass is 9.50. The van der Waals surface area contributed by atoms with E-state index < -0.39 is 26.8 Å². The van der Waals surface area contributed by atoms with Crippen molar-refractivity contribution >= 4 is 10.0 Å². The van der Waals surface area contributed by atoms with Crippen molar-refractivity contribution in [3.63, 3.8) is 0 Å². The Morgan fingerprint density at radius 1 is 1.30 bits per heavy atom. The van der Waals surface area contributed by atoms with Crippen LogP contribution in [0.1, 0.15) is 63.0 Å². The molecular weight excluding hydrogens is 369 g/mol. The lowest BCUT2D eigenvalue weighted by molar-refractivity contribution is -0.0989. The summed E-state index contributed by atoms with van der Waals surface area (Å²) < 4.78 is 42.7. The Kier molecular flexibility index (Phi) is 3.98. The van der Waals surface area contributed by atoms with Gasteiger partial charge in [0.05, 0.1) is 22.5 Å². The summed E-state index contributed by atoms with van der Waals surface area (Å²) in [5.41, 5.74) is 1.52. The van der Waals surface area contributed by atoms with Gasteiger partial charge in [-0.25, -0.2) is 22.8 Å². The Bertz CT molecular complexity index is 978. The van der Waals surface area contributed by atoms with Crippen LogP contribution in [-0.2, 0) is 15.6 Å². The Morgan fingerprint density at radius 2 is 1.96 bits per heavy atom. The maximum Gasteiger partial charge on any atom is 0.217 e. The molecule has 0 saturated heterocycles. The highest BCUT2D eigenvalue weighted by atomic mass is 32.2. The standard InChI is InChI=1S/C18H24FN5O2S/c1-11-13(5-6-15(19)20-11)16(22-27(25,26)17(2,3)4)14-10-24(23-21-14)18-7-12(8-18)9-18/h5-6,10,12,16,22H,7-9H2,1-4H3/t12?,16-,18?/m0/s1. The van der Waals surface area contributed by atoms with Crippen LogP contribution in [0.15, 0.2) is 18.3 Å². The highest BCUT2D eigenvalue weighted by Gasteiger charge is 2.59. The zero-order valence-electron chi connectivity index (χ0n) is 15.9. The number of aryl methyl sites for hydroxylation is 1. The molecule has 0 aromatic carbocycles. The summed E-state index contributed by atoms with van der Waals surface area (Å²) in [6, 6.07) is 2.00. The van der Waals surface area contributed by atoms with Gasteiger partial charge in [0, 0.05) is 5.69 Å². The molecule has 2 aromatic rings. The number of halogens is 1. The van der Waals surface area contributed by atoms with Gasteiger partial charge in [0.2, 0.25) is 16.0 Å². The van der Waals surface area contributed by atoms with Crippen LogP contribution in [0.5, 0.6) is 0 Å². The van der Waals surface area contributed by atoms with Crippen LogP contribution in [-0.4, -0.2) is 33.1 Å². The molecule has 7 nitrogen and oxygen atoms in total. The number of rotatable bonds is 5. The van der Waals surface area contributed by atoms with Gasteiger partial charge in [-0.2, -0.15) is 4.39 Å². The predicted octanol–water partition coefficient (Wildman–Crippen LogP) is 2.44. The molecule has 1 atom stereocenters. The fourth-order valence-electron chi connectivity index (χ4n) is 3.82. The number of pyridine rings is 1. The maximum atomic E-state index is 13.5. The summed E-state index contributed by atoms with van der Waals surface area (Å²) in [5.74, 6) is 0.183. The molecule has 0 amide bonds. The third-order valence-electron chi connectivity index (χ3n) is 5.78. The molecule has 0 radical (unpaired) electrons. The first-order chi connectivity index (χ1) is 12.5. The van der Waals surface area contributed by atoms with Crippen LogP contribution in [0.3, 0.4) is 0 Å². The molecule has 2 aromatic heterocycles. The van der Waals surface area contributed by atoms with Gasteiger partial charge in [0.1, 0.15) is 5.69 Å². The van der Waals surface area contributed by atoms with E-state index in [4.69, 9.17) is 0 Å². The average Bonchev–Trinajstić information content (AvgIpc) is 2.90. The van der Waals surface area contributed by atoms with Crippen molar-refractivity contribution in [2.75, 3.05) is 0 Å². The molecule has 0 unspecified atom stereocenters. The van der Waals surface area contributed by atoms with E-state index in [0.717, 1.165) is 25.2 Å². The second kappa shape index (κ2) is 5.81. The van der Waals surface area contributed by atoms with Gasteiger partial charge in [-0.3, -0.25) is 0 Å². The zero-order valence-corrected chi connectivity index (χ0v) is 16.7. The van der Waals surface area contributed by atoms with Crippen molar-refractivity contribution in [2.24, 2.45) is 5.92 Å². The van der Waals surface area contributed by atoms with Crippen LogP contribution >= 0.6 is 0 Å². The van der Waals surface area contributed by atoms with E-state index in [1.165, 1.54) is 6.07 Å². The second-order valence-electron chi connectivity index (χ2n) is 8.77. The predicted molar refractivity (Wildman–Crippen MR) is 97.9 cm³/mol. The molecule has 9 heteroatoms. The molecule has 0 aliphatic heterocycles. The Hall–Kier alpha value is -1.87. The summed E-state index contributed by atoms with van der Waals surface area (Å²) >= 11 is 0. The lowest BCUT2D eigenvalue weighted by Crippen LogP contribution is -2.59. The van der Waals surface area contributed by atoms with E-state index in [0.29, 0.717) is 17.0 Å². The van der Waals surface area contributed by atoms with Crippen LogP contribution in [0.4, 0.5) is 4.39 Å². The summed E-state index contributed by atoms with van der Waals surface area (Å²) in [5, 5.41) is 8.53. The van der Waals surface area contributed by atoms with Gasteiger partial charge in [0.25, 0.3) is 0 Å². The summed E-state index contributed by atoms with van der Waals surface area (Å²) in [4.78, 5) is 3.85. The molecular formula is C18H24FN5O2S. The second-order valence-corrected chi connectivity index (χ2v) is 11.2. The van der Waals surface area contributed by atoms with Gasteiger partial charge in [-0.1, -0.05) is 11.3 Å². The first kappa shape index (κ1) is 18.5. The molecule has 146 valence electrons. The first-order valence-corrected chi connectivity index (χ1v) is 10.6. The minimum atomic E-state index is -3.68. The van der Waals surface area contributed by atoms with Crippen molar-refractivity contribution in [3.05, 3.63) is 41.2 Å². The van der Waals surface area contributed by atoms with E-state index in [-0.39, 0.29) is 5.54 Å². The monoisotopic (exact) mass is 393 g/mol. The number of hydrogen-bond donors (Lipinski definition) is 1. The maximum absolute atomic E-state index is 13.5. The van der Waals surface area contributed by atoms with Gasteiger partial charge >= 0.3 is 0 Å². The van der Waals surface area contributed by atoms with Crippen LogP contribution in [0.2, 0.25) is 0 Å². The van der Waals surface area contributed by atoms with E-state index >= 15 is 0 Å². The third kappa shape index (κ3) is 2.97. The fourth-order valence-corrected chi connectivity index (χ4v) is 4.73. The molecule has 2 heterocycles. The van der Waals surface area contributed by atoms with Crippen molar-refractivity contribution in [2.45, 2.75) is 63.3 Å². The smallest absolute Gasteiger partial charge is 0.217 e. The van der Waals surface area contributed by atoms with Gasteiger partial charge < -0.3 is 0 Å². The topological polar surface area (TPSA) is 89.8 Å². The molecule has 0 spiro atoms. The summed E-state index contributed by atoms with van der Waals surface area (Å²) in [6.45, 7) is 6.53. The van der Waals surface area contributed by atoms with Crippen LogP contribution in [0, 0.1) is 18.8 Å². The molecule has 2 bridgehead atoms. The SMILES string of the molecule is Cc1nc(F)ccc1[C@H](NS(=O)(=O)C(C)(C)C)c1cn(C23CC(C2)C3)nn1. The first-order valence-electron chi connectivity index (χ1n) is 9.08. The fraction of sp³-hybridized carbons (Fsp3) is 0.611. The Balaban J connectivity index is 1.74. The summed E-state index contributed by atoms with van der Waals surface area (Å²) in [6.07, 6.45) is 5.12. The highest BCUT2D eigenvalue weighted by Crippen LogP contribution is 2.61. The normalized spacial score (nSPS) is 25.6. The number of nitrogens with zero attached hydrogens (tertiary/aromatic N) is 4. The molecule has 3 aliphatic carbocycles. The molecule has 3 fully saturated rings. The largest absolute Gasteiger partial charge is 0.246 e. The molecule has 27 heavy (non-hydrogen) atoms. The van der Waals surface area contributed by atoms with Crippen LogP contribution < -0.4 is 4.72 Å². The molecule has 3 aliphatic rings. The number of aromatic nitrogens is 4. The molecule has 1 N–H and O–H groups in total. The van der Waals surface area contributed by atoms with Gasteiger partial charge in [-0.05, 0) is 64.5 Å². The third-order valence-corrected chi connectivity index (χ3v) is 7.94. The molecule has 3 saturated carbocycles. The van der Waals surface area contributed by atoms with Gasteiger partial charge in [0.15, 0.2) is 0 Å². The number of sulfonamides is 1. The van der Waals surface area contributed by atoms with Crippen molar-refractivity contribution < 1.29 is 12.8 Å². The van der Waals surface area contributed by atoms with E-state index in [9.17, 15) is 12.8 Å². The lowest BCUT2D eigenvalue weighted by Gasteiger charge is -2.61. The van der Waals surface area contributed by atoms with Gasteiger partial charge in [-0.15, -0.1) is 5.10 Å². The zero-order chi connectivity index (χ0) is 19.6. The number of hydrogen-bond acceptors (Lipinski definition) is 5. The van der Waals surface area contributed by atoms with E-state index in [2.05, 4.69) is 20.0 Å². The minimum absolute atomic E-state index is 0.0550. The van der Waals surface area contributed by atoms with Crippen molar-refractivity contribution in [1.82, 2.24) is 24.7 Å². The van der Waals surface area contributed by atoms with E-state index in [1.807, 2.05) is 10.9 Å². The Morgan fingerprint density at radius 3 is 2.48 bits per heavy atom. The van der Waals surface area contributed by atoms with Crippen molar-refractivity contribution in [1.29, 1.82) is 0 Å². The van der Waals surface area contributed by atoms with Crippen LogP contribution in [0.25, 0.3) is 0 Å². The summed E-state index contributed by atoms with van der Waals surface area (Å²) in [7, 11) is -3.68. The Labute approximate surface area is 158 Å². The van der Waals surface area contributed by atoms with Crippen molar-refractivity contribution in [3.8, 4) is 0 Å². The molecule has 5 rings (SSSR count). The van der Waals surface area contributed by atoms with E-state index in [1.54, 1.807) is 33.8 Å².